The zero-order valence-corrected chi connectivity index (χ0v) is 13.5. The molecule has 0 N–H and O–H groups in total. The van der Waals surface area contributed by atoms with E-state index in [1.807, 2.05) is 29.7 Å². The lowest BCUT2D eigenvalue weighted by Crippen LogP contribution is -2.30. The van der Waals surface area contributed by atoms with Gasteiger partial charge in [0.25, 0.3) is 0 Å². The van der Waals surface area contributed by atoms with Crippen molar-refractivity contribution < 1.29 is 9.53 Å². The highest BCUT2D eigenvalue weighted by Gasteiger charge is 2.22. The Kier molecular flexibility index (Phi) is 4.73. The SMILES string of the molecule is COc1ccc2nc(CCCl)n(C(C)C(=O)N(C)C)c2c1. The van der Waals surface area contributed by atoms with Gasteiger partial charge in [-0.15, -0.1) is 11.6 Å². The number of carbonyl (C=O) groups is 1. The Hall–Kier alpha value is -1.75. The van der Waals surface area contributed by atoms with Gasteiger partial charge in [-0.3, -0.25) is 4.79 Å². The standard InChI is InChI=1S/C15H20ClN3O2/c1-10(15(20)18(2)3)19-13-9-11(21-4)5-6-12(13)17-14(19)7-8-16/h5-6,9-10H,7-8H2,1-4H3. The largest absolute Gasteiger partial charge is 0.497 e. The third-order valence-corrected chi connectivity index (χ3v) is 3.66. The highest BCUT2D eigenvalue weighted by atomic mass is 35.5. The zero-order valence-electron chi connectivity index (χ0n) is 12.8. The smallest absolute Gasteiger partial charge is 0.244 e. The number of hydrogen-bond acceptors (Lipinski definition) is 3. The zero-order chi connectivity index (χ0) is 15.6. The van der Waals surface area contributed by atoms with E-state index in [2.05, 4.69) is 4.98 Å². The summed E-state index contributed by atoms with van der Waals surface area (Å²) in [4.78, 5) is 18.5. The van der Waals surface area contributed by atoms with Crippen molar-refractivity contribution in [2.45, 2.75) is 19.4 Å². The first-order valence-electron chi connectivity index (χ1n) is 6.81. The number of amides is 1. The molecule has 1 aromatic carbocycles. The average Bonchev–Trinajstić information content (AvgIpc) is 2.82. The molecule has 1 atom stereocenters. The molecule has 0 saturated heterocycles. The van der Waals surface area contributed by atoms with Gasteiger partial charge < -0.3 is 14.2 Å². The number of likely N-dealkylation sites (N-methyl/N-ethyl adjacent to an activating group) is 1. The monoisotopic (exact) mass is 309 g/mol. The number of alkyl halides is 1. The molecule has 0 aliphatic rings. The van der Waals surface area contributed by atoms with Crippen LogP contribution in [0.1, 0.15) is 18.8 Å². The average molecular weight is 310 g/mol. The lowest BCUT2D eigenvalue weighted by atomic mass is 10.2. The molecule has 114 valence electrons. The Bertz CT molecular complexity index is 652. The van der Waals surface area contributed by atoms with E-state index >= 15 is 0 Å². The minimum absolute atomic E-state index is 0.0212. The van der Waals surface area contributed by atoms with Gasteiger partial charge in [0.05, 0.1) is 18.1 Å². The summed E-state index contributed by atoms with van der Waals surface area (Å²) in [7, 11) is 5.12. The van der Waals surface area contributed by atoms with Crippen LogP contribution in [0.5, 0.6) is 5.75 Å². The van der Waals surface area contributed by atoms with Crippen molar-refractivity contribution in [1.82, 2.24) is 14.5 Å². The summed E-state index contributed by atoms with van der Waals surface area (Å²) in [6.45, 7) is 1.88. The number of rotatable bonds is 5. The lowest BCUT2D eigenvalue weighted by molar-refractivity contribution is -0.131. The topological polar surface area (TPSA) is 47.4 Å². The van der Waals surface area contributed by atoms with Crippen LogP contribution in [0.25, 0.3) is 11.0 Å². The fraction of sp³-hybridized carbons (Fsp3) is 0.467. The number of methoxy groups -OCH3 is 1. The van der Waals surface area contributed by atoms with E-state index in [-0.39, 0.29) is 11.9 Å². The van der Waals surface area contributed by atoms with Crippen molar-refractivity contribution in [1.29, 1.82) is 0 Å². The van der Waals surface area contributed by atoms with Crippen LogP contribution < -0.4 is 4.74 Å². The summed E-state index contributed by atoms with van der Waals surface area (Å²) in [6.07, 6.45) is 0.615. The normalized spacial score (nSPS) is 12.4. The molecule has 1 unspecified atom stereocenters. The van der Waals surface area contributed by atoms with Gasteiger partial charge in [-0.1, -0.05) is 0 Å². The van der Waals surface area contributed by atoms with Gasteiger partial charge in [-0.25, -0.2) is 4.98 Å². The van der Waals surface area contributed by atoms with Gasteiger partial charge in [-0.2, -0.15) is 0 Å². The van der Waals surface area contributed by atoms with Crippen LogP contribution in [-0.2, 0) is 11.2 Å². The van der Waals surface area contributed by atoms with Gasteiger partial charge in [0.2, 0.25) is 5.91 Å². The summed E-state index contributed by atoms with van der Waals surface area (Å²) in [6, 6.07) is 5.33. The number of fused-ring (bicyclic) bond motifs is 1. The van der Waals surface area contributed by atoms with Gasteiger partial charge >= 0.3 is 0 Å². The number of benzene rings is 1. The molecule has 5 nitrogen and oxygen atoms in total. The Labute approximate surface area is 129 Å². The maximum absolute atomic E-state index is 12.3. The molecule has 1 amide bonds. The maximum Gasteiger partial charge on any atom is 0.244 e. The summed E-state index contributed by atoms with van der Waals surface area (Å²) in [5.41, 5.74) is 1.73. The Morgan fingerprint density at radius 2 is 2.19 bits per heavy atom. The lowest BCUT2D eigenvalue weighted by Gasteiger charge is -2.20. The van der Waals surface area contributed by atoms with Crippen molar-refractivity contribution in [3.05, 3.63) is 24.0 Å². The summed E-state index contributed by atoms with van der Waals surface area (Å²) >= 11 is 5.87. The first-order valence-corrected chi connectivity index (χ1v) is 7.35. The number of ether oxygens (including phenoxy) is 1. The van der Waals surface area contributed by atoms with E-state index in [0.717, 1.165) is 22.6 Å². The summed E-state index contributed by atoms with van der Waals surface area (Å²) in [5, 5.41) is 0. The van der Waals surface area contributed by atoms with Crippen LogP contribution in [0.2, 0.25) is 0 Å². The van der Waals surface area contributed by atoms with Crippen molar-refractivity contribution in [3.8, 4) is 5.75 Å². The second-order valence-electron chi connectivity index (χ2n) is 5.10. The molecular weight excluding hydrogens is 290 g/mol. The second kappa shape index (κ2) is 6.35. The quantitative estimate of drug-likeness (QED) is 0.797. The molecule has 0 radical (unpaired) electrons. The highest BCUT2D eigenvalue weighted by molar-refractivity contribution is 6.17. The summed E-state index contributed by atoms with van der Waals surface area (Å²) < 4.78 is 7.22. The molecule has 2 aromatic rings. The Balaban J connectivity index is 2.61. The van der Waals surface area contributed by atoms with E-state index in [1.54, 1.807) is 26.1 Å². The molecular formula is C15H20ClN3O2. The van der Waals surface area contributed by atoms with Crippen LogP contribution in [-0.4, -0.2) is 47.4 Å². The van der Waals surface area contributed by atoms with E-state index in [1.165, 1.54) is 0 Å². The number of nitrogens with zero attached hydrogens (tertiary/aromatic N) is 3. The molecule has 1 aromatic heterocycles. The third-order valence-electron chi connectivity index (χ3n) is 3.47. The van der Waals surface area contributed by atoms with E-state index < -0.39 is 0 Å². The molecule has 0 aliphatic carbocycles. The van der Waals surface area contributed by atoms with Crippen molar-refractivity contribution in [2.75, 3.05) is 27.1 Å². The number of imidazole rings is 1. The fourth-order valence-corrected chi connectivity index (χ4v) is 2.60. The first-order chi connectivity index (χ1) is 9.99. The van der Waals surface area contributed by atoms with E-state index in [4.69, 9.17) is 16.3 Å². The van der Waals surface area contributed by atoms with Gasteiger partial charge in [0.1, 0.15) is 17.6 Å². The summed E-state index contributed by atoms with van der Waals surface area (Å²) in [5.74, 6) is 2.04. The number of aryl methyl sites for hydroxylation is 1. The number of hydrogen-bond donors (Lipinski definition) is 0. The number of carbonyl (C=O) groups excluding carboxylic acids is 1. The van der Waals surface area contributed by atoms with Crippen molar-refractivity contribution in [2.24, 2.45) is 0 Å². The van der Waals surface area contributed by atoms with Crippen LogP contribution >= 0.6 is 11.6 Å². The van der Waals surface area contributed by atoms with E-state index in [9.17, 15) is 4.79 Å². The van der Waals surface area contributed by atoms with Gasteiger partial charge in [0, 0.05) is 32.5 Å². The maximum atomic E-state index is 12.3. The van der Waals surface area contributed by atoms with Crippen LogP contribution in [0, 0.1) is 0 Å². The molecule has 0 bridgehead atoms. The van der Waals surface area contributed by atoms with Crippen LogP contribution in [0.3, 0.4) is 0 Å². The van der Waals surface area contributed by atoms with Gasteiger partial charge in [0.15, 0.2) is 0 Å². The number of aromatic nitrogens is 2. The molecule has 1 heterocycles. The Morgan fingerprint density at radius 3 is 2.76 bits per heavy atom. The number of halogens is 1. The van der Waals surface area contributed by atoms with Crippen molar-refractivity contribution in [3.63, 3.8) is 0 Å². The molecule has 0 aliphatic heterocycles. The van der Waals surface area contributed by atoms with Crippen LogP contribution in [0.15, 0.2) is 18.2 Å². The molecule has 6 heteroatoms. The molecule has 0 fully saturated rings. The van der Waals surface area contributed by atoms with E-state index in [0.29, 0.717) is 12.3 Å². The third kappa shape index (κ3) is 2.97. The predicted molar refractivity (Wildman–Crippen MR) is 84.1 cm³/mol. The second-order valence-corrected chi connectivity index (χ2v) is 5.48. The Morgan fingerprint density at radius 1 is 1.48 bits per heavy atom. The van der Waals surface area contributed by atoms with Crippen molar-refractivity contribution >= 4 is 28.5 Å². The van der Waals surface area contributed by atoms with Gasteiger partial charge in [-0.05, 0) is 19.1 Å². The highest BCUT2D eigenvalue weighted by Crippen LogP contribution is 2.26. The van der Waals surface area contributed by atoms with Crippen LogP contribution in [0.4, 0.5) is 0 Å². The fourth-order valence-electron chi connectivity index (χ4n) is 2.43. The molecule has 21 heavy (non-hydrogen) atoms. The molecule has 0 spiro atoms. The molecule has 2 rings (SSSR count). The first kappa shape index (κ1) is 15.6. The molecule has 0 saturated carbocycles. The predicted octanol–water partition coefficient (Wildman–Crippen LogP) is 2.48. The minimum Gasteiger partial charge on any atom is -0.497 e. The minimum atomic E-state index is -0.338.